The second kappa shape index (κ2) is 11.5. The lowest BCUT2D eigenvalue weighted by atomic mass is 9.85. The minimum atomic E-state index is -0.438. The van der Waals surface area contributed by atoms with Gasteiger partial charge in [0.2, 0.25) is 11.8 Å². The highest BCUT2D eigenvalue weighted by molar-refractivity contribution is 6.30. The number of amides is 2. The van der Waals surface area contributed by atoms with Crippen molar-refractivity contribution in [1.82, 2.24) is 10.2 Å². The van der Waals surface area contributed by atoms with E-state index in [0.29, 0.717) is 30.1 Å². The maximum absolute atomic E-state index is 12.4. The molecule has 2 amide bonds. The predicted molar refractivity (Wildman–Crippen MR) is 121 cm³/mol. The van der Waals surface area contributed by atoms with Gasteiger partial charge in [-0.1, -0.05) is 68.7 Å². The number of carbonyl (C=O) groups excluding carboxylic acids is 2. The lowest BCUT2D eigenvalue weighted by Gasteiger charge is -2.29. The fourth-order valence-electron chi connectivity index (χ4n) is 4.68. The zero-order chi connectivity index (χ0) is 21.3. The van der Waals surface area contributed by atoms with Gasteiger partial charge in [-0.05, 0) is 36.5 Å². The summed E-state index contributed by atoms with van der Waals surface area (Å²) in [5.74, 6) is 0.923. The van der Waals surface area contributed by atoms with Crippen LogP contribution >= 0.6 is 11.6 Å². The normalized spacial score (nSPS) is 18.4. The zero-order valence-electron chi connectivity index (χ0n) is 17.8. The number of hydrogen-bond acceptors (Lipinski definition) is 3. The lowest BCUT2D eigenvalue weighted by Crippen LogP contribution is -2.49. The van der Waals surface area contributed by atoms with E-state index in [1.54, 1.807) is 29.2 Å². The smallest absolute Gasteiger partial charge is 0.223 e. The van der Waals surface area contributed by atoms with Crippen LogP contribution in [0.5, 0.6) is 0 Å². The first-order valence-electron chi connectivity index (χ1n) is 11.4. The Bertz CT molecular complexity index is 728. The molecule has 0 radical (unpaired) electrons. The predicted octanol–water partition coefficient (Wildman–Crippen LogP) is 4.96. The maximum atomic E-state index is 12.4. The summed E-state index contributed by atoms with van der Waals surface area (Å²) >= 11 is 5.97. The van der Waals surface area contributed by atoms with Gasteiger partial charge in [0.15, 0.2) is 0 Å². The molecule has 0 spiro atoms. The molecule has 1 aromatic carbocycles. The zero-order valence-corrected chi connectivity index (χ0v) is 18.6. The topological polar surface area (TPSA) is 73.3 Å². The number of benzene rings is 1. The third-order valence-electron chi connectivity index (χ3n) is 6.46. The van der Waals surface area contributed by atoms with Gasteiger partial charge in [0.1, 0.15) is 0 Å². The molecule has 2 N–H and O–H groups in total. The lowest BCUT2D eigenvalue weighted by molar-refractivity contribution is -0.129. The molecule has 30 heavy (non-hydrogen) atoms. The van der Waals surface area contributed by atoms with Crippen molar-refractivity contribution in [3.8, 4) is 0 Å². The van der Waals surface area contributed by atoms with Crippen molar-refractivity contribution < 1.29 is 9.59 Å². The maximum Gasteiger partial charge on any atom is 0.223 e. The van der Waals surface area contributed by atoms with Crippen molar-refractivity contribution in [3.63, 3.8) is 0 Å². The molecule has 5 nitrogen and oxygen atoms in total. The Balaban J connectivity index is 1.49. The highest BCUT2D eigenvalue weighted by Crippen LogP contribution is 2.27. The van der Waals surface area contributed by atoms with Gasteiger partial charge in [-0.15, -0.1) is 0 Å². The molecular weight excluding hydrogens is 398 g/mol. The Morgan fingerprint density at radius 1 is 1.13 bits per heavy atom. The van der Waals surface area contributed by atoms with E-state index < -0.39 is 6.04 Å². The Labute approximate surface area is 185 Å². The molecule has 2 aliphatic rings. The van der Waals surface area contributed by atoms with Crippen LogP contribution in [0.2, 0.25) is 5.02 Å². The van der Waals surface area contributed by atoms with E-state index in [4.69, 9.17) is 17.0 Å². The van der Waals surface area contributed by atoms with Gasteiger partial charge in [-0.25, -0.2) is 0 Å². The van der Waals surface area contributed by atoms with Gasteiger partial charge in [-0.2, -0.15) is 0 Å². The number of halogens is 1. The third-order valence-corrected chi connectivity index (χ3v) is 6.71. The van der Waals surface area contributed by atoms with Crippen LogP contribution in [0, 0.1) is 11.3 Å². The average molecular weight is 432 g/mol. The van der Waals surface area contributed by atoms with Crippen molar-refractivity contribution in [2.45, 2.75) is 76.7 Å². The molecule has 1 aliphatic heterocycles. The van der Waals surface area contributed by atoms with E-state index in [1.807, 2.05) is 0 Å². The Hall–Kier alpha value is -1.88. The molecule has 6 heteroatoms. The molecule has 1 aliphatic carbocycles. The van der Waals surface area contributed by atoms with Gasteiger partial charge < -0.3 is 15.6 Å². The molecule has 1 saturated heterocycles. The van der Waals surface area contributed by atoms with Gasteiger partial charge in [-0.3, -0.25) is 9.59 Å². The highest BCUT2D eigenvalue weighted by Gasteiger charge is 2.31. The standard InChI is InChI=1S/C24H34ClN3O2/c25-20-14-12-19(13-15-20)24(26)21(28-16-6-11-23(28)30)17-27-22(29)10-5-4-9-18-7-2-1-3-8-18/h12-15,18,21,26H,1-11,16-17H2,(H,27,29). The summed E-state index contributed by atoms with van der Waals surface area (Å²) in [6.07, 6.45) is 11.9. The SMILES string of the molecule is N=C(c1ccc(Cl)cc1)C(CNC(=O)CCCCC1CCCCC1)N1CCCC1=O. The third kappa shape index (κ3) is 6.56. The molecule has 2 fully saturated rings. The number of unbranched alkanes of at least 4 members (excludes halogenated alkanes) is 1. The quantitative estimate of drug-likeness (QED) is 0.406. The molecule has 0 aromatic heterocycles. The summed E-state index contributed by atoms with van der Waals surface area (Å²) < 4.78 is 0. The van der Waals surface area contributed by atoms with E-state index in [1.165, 1.54) is 38.5 Å². The first-order valence-corrected chi connectivity index (χ1v) is 11.8. The molecule has 164 valence electrons. The molecule has 1 unspecified atom stereocenters. The molecule has 3 rings (SSSR count). The minimum absolute atomic E-state index is 0.0131. The highest BCUT2D eigenvalue weighted by atomic mass is 35.5. The first kappa shape index (κ1) is 22.8. The Morgan fingerprint density at radius 3 is 2.53 bits per heavy atom. The van der Waals surface area contributed by atoms with Crippen LogP contribution in [-0.4, -0.2) is 41.6 Å². The largest absolute Gasteiger partial charge is 0.354 e. The number of nitrogens with one attached hydrogen (secondary N) is 2. The summed E-state index contributed by atoms with van der Waals surface area (Å²) in [6.45, 7) is 0.922. The number of likely N-dealkylation sites (tertiary alicyclic amines) is 1. The van der Waals surface area contributed by atoms with Crippen LogP contribution < -0.4 is 5.32 Å². The second-order valence-corrected chi connectivity index (χ2v) is 9.12. The van der Waals surface area contributed by atoms with Gasteiger partial charge in [0.25, 0.3) is 0 Å². The van der Waals surface area contributed by atoms with Crippen molar-refractivity contribution in [2.75, 3.05) is 13.1 Å². The summed E-state index contributed by atoms with van der Waals surface area (Å²) in [7, 11) is 0. The van der Waals surface area contributed by atoms with Crippen LogP contribution in [0.15, 0.2) is 24.3 Å². The fourth-order valence-corrected chi connectivity index (χ4v) is 4.81. The van der Waals surface area contributed by atoms with Gasteiger partial charge >= 0.3 is 0 Å². The first-order chi connectivity index (χ1) is 14.5. The Kier molecular flexibility index (Phi) is 8.74. The summed E-state index contributed by atoms with van der Waals surface area (Å²) in [5, 5.41) is 12.2. The summed E-state index contributed by atoms with van der Waals surface area (Å²) in [4.78, 5) is 26.4. The van der Waals surface area contributed by atoms with Crippen LogP contribution in [0.25, 0.3) is 0 Å². The molecule has 1 saturated carbocycles. The van der Waals surface area contributed by atoms with Crippen molar-refractivity contribution in [2.24, 2.45) is 5.92 Å². The number of carbonyl (C=O) groups is 2. The second-order valence-electron chi connectivity index (χ2n) is 8.68. The van der Waals surface area contributed by atoms with Gasteiger partial charge in [0.05, 0.1) is 11.8 Å². The fraction of sp³-hybridized carbons (Fsp3) is 0.625. The van der Waals surface area contributed by atoms with Crippen LogP contribution in [-0.2, 0) is 9.59 Å². The molecule has 1 aromatic rings. The van der Waals surface area contributed by atoms with Crippen LogP contribution in [0.3, 0.4) is 0 Å². The van der Waals surface area contributed by atoms with Crippen molar-refractivity contribution in [1.29, 1.82) is 5.41 Å². The van der Waals surface area contributed by atoms with Crippen molar-refractivity contribution >= 4 is 29.1 Å². The molecular formula is C24H34ClN3O2. The van der Waals surface area contributed by atoms with Crippen LogP contribution in [0.4, 0.5) is 0 Å². The number of rotatable bonds is 10. The monoisotopic (exact) mass is 431 g/mol. The van der Waals surface area contributed by atoms with E-state index in [0.717, 1.165) is 30.7 Å². The molecule has 1 heterocycles. The van der Waals surface area contributed by atoms with E-state index in [-0.39, 0.29) is 18.4 Å². The van der Waals surface area contributed by atoms with Crippen molar-refractivity contribution in [3.05, 3.63) is 34.9 Å². The molecule has 0 bridgehead atoms. The Morgan fingerprint density at radius 2 is 1.87 bits per heavy atom. The minimum Gasteiger partial charge on any atom is -0.354 e. The van der Waals surface area contributed by atoms with Gasteiger partial charge in [0, 0.05) is 31.0 Å². The number of nitrogens with zero attached hydrogens (tertiary/aromatic N) is 1. The summed E-state index contributed by atoms with van der Waals surface area (Å²) in [6, 6.07) is 6.65. The van der Waals surface area contributed by atoms with E-state index in [2.05, 4.69) is 5.32 Å². The van der Waals surface area contributed by atoms with Crippen LogP contribution in [0.1, 0.15) is 76.2 Å². The van der Waals surface area contributed by atoms with E-state index in [9.17, 15) is 9.59 Å². The molecule has 1 atom stereocenters. The number of hydrogen-bond donors (Lipinski definition) is 2. The average Bonchev–Trinajstić information content (AvgIpc) is 3.18. The summed E-state index contributed by atoms with van der Waals surface area (Å²) in [5.41, 5.74) is 1.07. The van der Waals surface area contributed by atoms with E-state index >= 15 is 0 Å².